The minimum absolute atomic E-state index is 0.00120. The molecular weight excluding hydrogens is 226 g/mol. The summed E-state index contributed by atoms with van der Waals surface area (Å²) in [5.74, 6) is -0.446. The van der Waals surface area contributed by atoms with Gasteiger partial charge in [-0.25, -0.2) is 0 Å². The molecular formula is C9H17N5O3. The van der Waals surface area contributed by atoms with Crippen molar-refractivity contribution in [3.8, 4) is 0 Å². The Morgan fingerprint density at radius 1 is 1.71 bits per heavy atom. The lowest BCUT2D eigenvalue weighted by Gasteiger charge is -2.22. The van der Waals surface area contributed by atoms with Crippen molar-refractivity contribution >= 4 is 11.9 Å². The third-order valence-electron chi connectivity index (χ3n) is 2.19. The summed E-state index contributed by atoms with van der Waals surface area (Å²) in [5.41, 5.74) is 4.23. The fourth-order valence-electron chi connectivity index (χ4n) is 1.14. The van der Waals surface area contributed by atoms with Gasteiger partial charge in [-0.1, -0.05) is 0 Å². The van der Waals surface area contributed by atoms with E-state index in [-0.39, 0.29) is 18.3 Å². The van der Waals surface area contributed by atoms with Crippen LogP contribution in [-0.2, 0) is 4.74 Å². The van der Waals surface area contributed by atoms with Gasteiger partial charge in [-0.05, 0) is 6.92 Å². The minimum Gasteiger partial charge on any atom is -0.388 e. The zero-order valence-electron chi connectivity index (χ0n) is 9.86. The van der Waals surface area contributed by atoms with E-state index in [0.717, 1.165) is 0 Å². The van der Waals surface area contributed by atoms with Crippen LogP contribution in [0.1, 0.15) is 24.0 Å². The first-order valence-corrected chi connectivity index (χ1v) is 5.12. The van der Waals surface area contributed by atoms with Crippen molar-refractivity contribution in [2.45, 2.75) is 18.9 Å². The van der Waals surface area contributed by atoms with E-state index in [0.29, 0.717) is 13.0 Å². The van der Waals surface area contributed by atoms with E-state index in [9.17, 15) is 9.90 Å². The molecule has 1 amide bonds. The predicted octanol–water partition coefficient (Wildman–Crippen LogP) is -1.10. The maximum absolute atomic E-state index is 11.5. The van der Waals surface area contributed by atoms with Gasteiger partial charge in [-0.3, -0.25) is 9.89 Å². The Balaban J connectivity index is 2.42. The number of aliphatic hydroxyl groups is 1. The van der Waals surface area contributed by atoms with Crippen molar-refractivity contribution in [2.75, 3.05) is 26.0 Å². The number of nitrogens with one attached hydrogen (secondary N) is 2. The van der Waals surface area contributed by atoms with Crippen LogP contribution in [-0.4, -0.2) is 52.1 Å². The lowest BCUT2D eigenvalue weighted by atomic mass is 10.0. The summed E-state index contributed by atoms with van der Waals surface area (Å²) in [7, 11) is 1.55. The van der Waals surface area contributed by atoms with E-state index < -0.39 is 11.5 Å². The molecule has 0 spiro atoms. The van der Waals surface area contributed by atoms with Gasteiger partial charge in [0.2, 0.25) is 11.8 Å². The summed E-state index contributed by atoms with van der Waals surface area (Å²) in [4.78, 5) is 15.2. The maximum atomic E-state index is 11.5. The molecule has 0 fully saturated rings. The zero-order chi connectivity index (χ0) is 12.9. The number of ether oxygens (including phenoxy) is 1. The second-order valence-electron chi connectivity index (χ2n) is 3.96. The van der Waals surface area contributed by atoms with Crippen LogP contribution in [0.4, 0.5) is 5.95 Å². The Morgan fingerprint density at radius 2 is 2.41 bits per heavy atom. The van der Waals surface area contributed by atoms with Crippen LogP contribution in [0.5, 0.6) is 0 Å². The normalized spacial score (nSPS) is 14.3. The summed E-state index contributed by atoms with van der Waals surface area (Å²) in [6, 6.07) is 0. The van der Waals surface area contributed by atoms with E-state index in [1.165, 1.54) is 0 Å². The molecule has 0 saturated heterocycles. The second kappa shape index (κ2) is 5.60. The molecule has 0 aliphatic rings. The number of hydrogen-bond donors (Lipinski definition) is 4. The molecule has 8 heteroatoms. The Bertz CT molecular complexity index is 376. The van der Waals surface area contributed by atoms with Crippen LogP contribution >= 0.6 is 0 Å². The SMILES string of the molecule is COCCC(C)(O)CNC(=O)c1nc(N)n[nH]1. The molecule has 0 bridgehead atoms. The molecule has 17 heavy (non-hydrogen) atoms. The van der Waals surface area contributed by atoms with Gasteiger partial charge in [0.15, 0.2) is 0 Å². The van der Waals surface area contributed by atoms with Gasteiger partial charge in [0, 0.05) is 26.7 Å². The van der Waals surface area contributed by atoms with Crippen LogP contribution in [0.25, 0.3) is 0 Å². The molecule has 1 atom stereocenters. The first-order valence-electron chi connectivity index (χ1n) is 5.12. The van der Waals surface area contributed by atoms with Gasteiger partial charge in [0.05, 0.1) is 5.60 Å². The van der Waals surface area contributed by atoms with E-state index in [4.69, 9.17) is 10.5 Å². The van der Waals surface area contributed by atoms with E-state index in [2.05, 4.69) is 20.5 Å². The summed E-state index contributed by atoms with van der Waals surface area (Å²) in [5, 5.41) is 18.3. The molecule has 0 aromatic carbocycles. The minimum atomic E-state index is -1.03. The van der Waals surface area contributed by atoms with Crippen LogP contribution in [0, 0.1) is 0 Å². The highest BCUT2D eigenvalue weighted by atomic mass is 16.5. The predicted molar refractivity (Wildman–Crippen MR) is 60.2 cm³/mol. The molecule has 96 valence electrons. The van der Waals surface area contributed by atoms with Gasteiger partial charge in [-0.2, -0.15) is 4.98 Å². The molecule has 1 rings (SSSR count). The number of nitrogens with two attached hydrogens (primary N) is 1. The Hall–Kier alpha value is -1.67. The maximum Gasteiger partial charge on any atom is 0.288 e. The van der Waals surface area contributed by atoms with Crippen molar-refractivity contribution in [1.82, 2.24) is 20.5 Å². The molecule has 1 heterocycles. The number of carbonyl (C=O) groups excluding carboxylic acids is 1. The third-order valence-corrected chi connectivity index (χ3v) is 2.19. The summed E-state index contributed by atoms with van der Waals surface area (Å²) in [6.45, 7) is 2.12. The number of aromatic nitrogens is 3. The first-order chi connectivity index (χ1) is 7.94. The van der Waals surface area contributed by atoms with Gasteiger partial charge in [0.25, 0.3) is 5.91 Å². The number of methoxy groups -OCH3 is 1. The molecule has 0 radical (unpaired) electrons. The zero-order valence-corrected chi connectivity index (χ0v) is 9.86. The second-order valence-corrected chi connectivity index (χ2v) is 3.96. The van der Waals surface area contributed by atoms with E-state index in [1.54, 1.807) is 14.0 Å². The Labute approximate surface area is 98.6 Å². The lowest BCUT2D eigenvalue weighted by molar-refractivity contribution is 0.0242. The van der Waals surface area contributed by atoms with Crippen LogP contribution in [0.15, 0.2) is 0 Å². The number of carbonyl (C=O) groups is 1. The van der Waals surface area contributed by atoms with Crippen LogP contribution in [0.2, 0.25) is 0 Å². The smallest absolute Gasteiger partial charge is 0.288 e. The Morgan fingerprint density at radius 3 is 2.94 bits per heavy atom. The summed E-state index contributed by atoms with van der Waals surface area (Å²) in [6.07, 6.45) is 0.419. The Kier molecular flexibility index (Phi) is 4.41. The average molecular weight is 243 g/mol. The molecule has 5 N–H and O–H groups in total. The first kappa shape index (κ1) is 13.4. The van der Waals surface area contributed by atoms with Crippen LogP contribution < -0.4 is 11.1 Å². The topological polar surface area (TPSA) is 126 Å². The van der Waals surface area contributed by atoms with Crippen molar-refractivity contribution in [3.63, 3.8) is 0 Å². The fraction of sp³-hybridized carbons (Fsp3) is 0.667. The summed E-state index contributed by atoms with van der Waals surface area (Å²) < 4.78 is 4.85. The molecule has 0 saturated carbocycles. The number of amides is 1. The van der Waals surface area contributed by atoms with Crippen molar-refractivity contribution in [1.29, 1.82) is 0 Å². The molecule has 1 aromatic rings. The third kappa shape index (κ3) is 4.37. The molecule has 0 aliphatic heterocycles. The highest BCUT2D eigenvalue weighted by Gasteiger charge is 2.22. The van der Waals surface area contributed by atoms with Crippen molar-refractivity contribution in [3.05, 3.63) is 5.82 Å². The standard InChI is InChI=1S/C9H17N5O3/c1-9(16,3-4-17-2)5-11-7(15)6-12-8(10)14-13-6/h16H,3-5H2,1-2H3,(H,11,15)(H3,10,12,13,14). The largest absolute Gasteiger partial charge is 0.388 e. The van der Waals surface area contributed by atoms with E-state index >= 15 is 0 Å². The number of hydrogen-bond acceptors (Lipinski definition) is 6. The fourth-order valence-corrected chi connectivity index (χ4v) is 1.14. The van der Waals surface area contributed by atoms with Gasteiger partial charge >= 0.3 is 0 Å². The summed E-state index contributed by atoms with van der Waals surface area (Å²) >= 11 is 0. The quantitative estimate of drug-likeness (QED) is 0.502. The number of nitrogen functional groups attached to an aromatic ring is 1. The molecule has 0 aliphatic carbocycles. The number of nitrogens with zero attached hydrogens (tertiary/aromatic N) is 2. The highest BCUT2D eigenvalue weighted by molar-refractivity contribution is 5.90. The van der Waals surface area contributed by atoms with E-state index in [1.807, 2.05) is 0 Å². The average Bonchev–Trinajstić information content (AvgIpc) is 2.70. The monoisotopic (exact) mass is 243 g/mol. The molecule has 1 aromatic heterocycles. The van der Waals surface area contributed by atoms with Crippen LogP contribution in [0.3, 0.4) is 0 Å². The van der Waals surface area contributed by atoms with Crippen molar-refractivity contribution < 1.29 is 14.6 Å². The lowest BCUT2D eigenvalue weighted by Crippen LogP contribution is -2.41. The number of anilines is 1. The van der Waals surface area contributed by atoms with Gasteiger partial charge in [0.1, 0.15) is 0 Å². The van der Waals surface area contributed by atoms with Gasteiger partial charge in [-0.15, -0.1) is 5.10 Å². The number of H-pyrrole nitrogens is 1. The van der Waals surface area contributed by atoms with Gasteiger partial charge < -0.3 is 20.9 Å². The molecule has 8 nitrogen and oxygen atoms in total. The number of rotatable bonds is 6. The van der Waals surface area contributed by atoms with Crippen molar-refractivity contribution in [2.24, 2.45) is 0 Å². The number of aromatic amines is 1. The highest BCUT2D eigenvalue weighted by Crippen LogP contribution is 2.07. The molecule has 1 unspecified atom stereocenters.